The van der Waals surface area contributed by atoms with E-state index in [1.165, 1.54) is 38.5 Å². The van der Waals surface area contributed by atoms with Gasteiger partial charge in [-0.05, 0) is 18.3 Å². The predicted molar refractivity (Wildman–Crippen MR) is 63.4 cm³/mol. The first kappa shape index (κ1) is 14.0. The molecule has 1 N–H and O–H groups in total. The van der Waals surface area contributed by atoms with Crippen LogP contribution < -0.4 is 0 Å². The third kappa shape index (κ3) is 7.37. The van der Waals surface area contributed by atoms with Crippen LogP contribution in [0.2, 0.25) is 0 Å². The molecular weight excluding hydrogens is 172 g/mol. The molecule has 1 nitrogen and oxygen atoms in total. The van der Waals surface area contributed by atoms with E-state index in [0.29, 0.717) is 6.61 Å². The van der Waals surface area contributed by atoms with Crippen LogP contribution in [-0.2, 0) is 0 Å². The Labute approximate surface area is 89.9 Å². The molecule has 0 saturated heterocycles. The fourth-order valence-electron chi connectivity index (χ4n) is 1.96. The average Bonchev–Trinajstić information content (AvgIpc) is 2.17. The highest BCUT2D eigenvalue weighted by Crippen LogP contribution is 2.22. The molecule has 0 aliphatic carbocycles. The van der Waals surface area contributed by atoms with Gasteiger partial charge < -0.3 is 5.11 Å². The maximum absolute atomic E-state index is 8.63. The lowest BCUT2D eigenvalue weighted by molar-refractivity contribution is 0.279. The molecule has 0 heterocycles. The van der Waals surface area contributed by atoms with Crippen molar-refractivity contribution in [2.45, 2.75) is 65.7 Å². The molecule has 0 radical (unpaired) electrons. The predicted octanol–water partition coefficient (Wildman–Crippen LogP) is 4.00. The Morgan fingerprint density at radius 2 is 1.43 bits per heavy atom. The van der Waals surface area contributed by atoms with Crippen molar-refractivity contribution >= 4 is 0 Å². The molecule has 2 atom stereocenters. The van der Waals surface area contributed by atoms with Crippen molar-refractivity contribution in [2.24, 2.45) is 11.8 Å². The van der Waals surface area contributed by atoms with E-state index in [1.807, 2.05) is 0 Å². The Hall–Kier alpha value is -0.0400. The van der Waals surface area contributed by atoms with Gasteiger partial charge in [0.2, 0.25) is 0 Å². The first-order valence-electron chi connectivity index (χ1n) is 6.33. The van der Waals surface area contributed by atoms with Gasteiger partial charge in [-0.15, -0.1) is 0 Å². The van der Waals surface area contributed by atoms with Crippen molar-refractivity contribution in [3.63, 3.8) is 0 Å². The fraction of sp³-hybridized carbons (Fsp3) is 1.00. The lowest BCUT2D eigenvalue weighted by Crippen LogP contribution is -2.07. The Balaban J connectivity index is 3.29. The second kappa shape index (κ2) is 9.51. The van der Waals surface area contributed by atoms with E-state index in [2.05, 4.69) is 20.8 Å². The fourth-order valence-corrected chi connectivity index (χ4v) is 1.96. The minimum atomic E-state index is 0.363. The zero-order chi connectivity index (χ0) is 10.8. The first-order chi connectivity index (χ1) is 6.72. The van der Waals surface area contributed by atoms with Crippen LogP contribution in [0.4, 0.5) is 0 Å². The van der Waals surface area contributed by atoms with Crippen LogP contribution in [0.5, 0.6) is 0 Å². The molecule has 0 amide bonds. The topological polar surface area (TPSA) is 20.2 Å². The summed E-state index contributed by atoms with van der Waals surface area (Å²) in [5.74, 6) is 1.77. The Kier molecular flexibility index (Phi) is 9.49. The molecule has 0 fully saturated rings. The molecule has 0 rings (SSSR count). The zero-order valence-corrected chi connectivity index (χ0v) is 10.3. The summed E-state index contributed by atoms with van der Waals surface area (Å²) in [7, 11) is 0. The lowest BCUT2D eigenvalue weighted by atomic mass is 9.87. The van der Waals surface area contributed by atoms with E-state index in [-0.39, 0.29) is 0 Å². The molecule has 2 unspecified atom stereocenters. The van der Waals surface area contributed by atoms with Crippen LogP contribution in [0, 0.1) is 11.8 Å². The molecule has 0 spiro atoms. The summed E-state index contributed by atoms with van der Waals surface area (Å²) in [4.78, 5) is 0. The van der Waals surface area contributed by atoms with E-state index in [1.54, 1.807) is 0 Å². The zero-order valence-electron chi connectivity index (χ0n) is 10.3. The molecule has 0 saturated carbocycles. The maximum atomic E-state index is 8.63. The number of hydrogen-bond donors (Lipinski definition) is 1. The largest absolute Gasteiger partial charge is 0.396 e. The summed E-state index contributed by atoms with van der Waals surface area (Å²) in [6.07, 6.45) is 8.88. The average molecular weight is 200 g/mol. The summed E-state index contributed by atoms with van der Waals surface area (Å²) in [6, 6.07) is 0. The molecule has 1 heteroatoms. The van der Waals surface area contributed by atoms with Crippen molar-refractivity contribution in [1.82, 2.24) is 0 Å². The maximum Gasteiger partial charge on any atom is 0.0431 e. The highest BCUT2D eigenvalue weighted by atomic mass is 16.2. The molecule has 14 heavy (non-hydrogen) atoms. The molecule has 86 valence electrons. The number of unbranched alkanes of at least 4 members (excludes halogenated alkanes) is 3. The summed E-state index contributed by atoms with van der Waals surface area (Å²) in [5, 5.41) is 8.63. The SMILES string of the molecule is CCCC(C)C(C)CCCCCCO. The van der Waals surface area contributed by atoms with Crippen LogP contribution in [-0.4, -0.2) is 11.7 Å². The molecule has 0 aliphatic heterocycles. The van der Waals surface area contributed by atoms with Crippen LogP contribution in [0.15, 0.2) is 0 Å². The van der Waals surface area contributed by atoms with Gasteiger partial charge in [-0.25, -0.2) is 0 Å². The quantitative estimate of drug-likeness (QED) is 0.558. The van der Waals surface area contributed by atoms with Gasteiger partial charge in [0.1, 0.15) is 0 Å². The third-order valence-corrected chi connectivity index (χ3v) is 3.28. The number of aliphatic hydroxyl groups excluding tert-OH is 1. The van der Waals surface area contributed by atoms with Gasteiger partial charge >= 0.3 is 0 Å². The van der Waals surface area contributed by atoms with Crippen molar-refractivity contribution in [2.75, 3.05) is 6.61 Å². The highest BCUT2D eigenvalue weighted by molar-refractivity contribution is 4.61. The van der Waals surface area contributed by atoms with Crippen LogP contribution in [0.25, 0.3) is 0 Å². The summed E-state index contributed by atoms with van der Waals surface area (Å²) in [5.41, 5.74) is 0. The van der Waals surface area contributed by atoms with Crippen molar-refractivity contribution < 1.29 is 5.11 Å². The summed E-state index contributed by atoms with van der Waals surface area (Å²) < 4.78 is 0. The van der Waals surface area contributed by atoms with E-state index >= 15 is 0 Å². The normalized spacial score (nSPS) is 15.4. The standard InChI is InChI=1S/C13H28O/c1-4-9-12(2)13(3)10-7-5-6-8-11-14/h12-14H,4-11H2,1-3H3. The van der Waals surface area contributed by atoms with E-state index in [9.17, 15) is 0 Å². The van der Waals surface area contributed by atoms with E-state index in [0.717, 1.165) is 18.3 Å². The van der Waals surface area contributed by atoms with Crippen molar-refractivity contribution in [1.29, 1.82) is 0 Å². The Morgan fingerprint density at radius 3 is 2.00 bits per heavy atom. The third-order valence-electron chi connectivity index (χ3n) is 3.28. The lowest BCUT2D eigenvalue weighted by Gasteiger charge is -2.18. The van der Waals surface area contributed by atoms with Crippen LogP contribution in [0.1, 0.15) is 65.7 Å². The minimum absolute atomic E-state index is 0.363. The monoisotopic (exact) mass is 200 g/mol. The number of rotatable bonds is 9. The van der Waals surface area contributed by atoms with Crippen LogP contribution >= 0.6 is 0 Å². The van der Waals surface area contributed by atoms with E-state index < -0.39 is 0 Å². The van der Waals surface area contributed by atoms with Gasteiger partial charge in [0, 0.05) is 6.61 Å². The number of aliphatic hydroxyl groups is 1. The summed E-state index contributed by atoms with van der Waals surface area (Å²) in [6.45, 7) is 7.39. The van der Waals surface area contributed by atoms with Gasteiger partial charge in [-0.3, -0.25) is 0 Å². The molecule has 0 aromatic rings. The first-order valence-corrected chi connectivity index (χ1v) is 6.33. The van der Waals surface area contributed by atoms with Gasteiger partial charge in [0.15, 0.2) is 0 Å². The van der Waals surface area contributed by atoms with Crippen molar-refractivity contribution in [3.8, 4) is 0 Å². The van der Waals surface area contributed by atoms with Gasteiger partial charge in [0.25, 0.3) is 0 Å². The van der Waals surface area contributed by atoms with E-state index in [4.69, 9.17) is 5.11 Å². The molecule has 0 bridgehead atoms. The van der Waals surface area contributed by atoms with Gasteiger partial charge in [-0.1, -0.05) is 59.3 Å². The minimum Gasteiger partial charge on any atom is -0.396 e. The van der Waals surface area contributed by atoms with Crippen LogP contribution in [0.3, 0.4) is 0 Å². The smallest absolute Gasteiger partial charge is 0.0431 e. The Bertz CT molecular complexity index is 112. The van der Waals surface area contributed by atoms with Gasteiger partial charge in [0.05, 0.1) is 0 Å². The molecule has 0 aromatic heterocycles. The molecule has 0 aliphatic rings. The van der Waals surface area contributed by atoms with Crippen molar-refractivity contribution in [3.05, 3.63) is 0 Å². The summed E-state index contributed by atoms with van der Waals surface area (Å²) >= 11 is 0. The second-order valence-electron chi connectivity index (χ2n) is 4.67. The molecular formula is C13H28O. The Morgan fingerprint density at radius 1 is 0.857 bits per heavy atom. The highest BCUT2D eigenvalue weighted by Gasteiger charge is 2.10. The molecule has 0 aromatic carbocycles. The second-order valence-corrected chi connectivity index (χ2v) is 4.67. The van der Waals surface area contributed by atoms with Gasteiger partial charge in [-0.2, -0.15) is 0 Å². The number of hydrogen-bond acceptors (Lipinski definition) is 1.